The van der Waals surface area contributed by atoms with E-state index in [2.05, 4.69) is 6.92 Å². The van der Waals surface area contributed by atoms with Crippen molar-refractivity contribution in [2.45, 2.75) is 25.8 Å². The van der Waals surface area contributed by atoms with Gasteiger partial charge in [0, 0.05) is 17.5 Å². The predicted molar refractivity (Wildman–Crippen MR) is 65.4 cm³/mol. The van der Waals surface area contributed by atoms with Crippen molar-refractivity contribution < 1.29 is 4.79 Å². The SMILES string of the molecule is CCc1cccc(C(=O)C2C=CC(N)C2)c1. The van der Waals surface area contributed by atoms with E-state index >= 15 is 0 Å². The first kappa shape index (κ1) is 11.1. The van der Waals surface area contributed by atoms with E-state index in [1.54, 1.807) is 0 Å². The van der Waals surface area contributed by atoms with Gasteiger partial charge in [0.15, 0.2) is 5.78 Å². The molecule has 0 aliphatic heterocycles. The van der Waals surface area contributed by atoms with Gasteiger partial charge in [-0.15, -0.1) is 0 Å². The third-order valence-corrected chi connectivity index (χ3v) is 3.07. The van der Waals surface area contributed by atoms with E-state index in [4.69, 9.17) is 5.73 Å². The van der Waals surface area contributed by atoms with Crippen LogP contribution in [-0.2, 0) is 6.42 Å². The average molecular weight is 215 g/mol. The fraction of sp³-hybridized carbons (Fsp3) is 0.357. The van der Waals surface area contributed by atoms with Crippen LogP contribution in [0.1, 0.15) is 29.3 Å². The van der Waals surface area contributed by atoms with Gasteiger partial charge in [-0.3, -0.25) is 4.79 Å². The summed E-state index contributed by atoms with van der Waals surface area (Å²) >= 11 is 0. The van der Waals surface area contributed by atoms with Gasteiger partial charge in [0.1, 0.15) is 0 Å². The Morgan fingerprint density at radius 2 is 2.25 bits per heavy atom. The monoisotopic (exact) mass is 215 g/mol. The van der Waals surface area contributed by atoms with E-state index in [-0.39, 0.29) is 17.7 Å². The standard InChI is InChI=1S/C14H17NO/c1-2-10-4-3-5-11(8-10)14(16)12-6-7-13(15)9-12/h3-8,12-13H,2,9,15H2,1H3. The highest BCUT2D eigenvalue weighted by molar-refractivity contribution is 5.99. The van der Waals surface area contributed by atoms with Crippen LogP contribution < -0.4 is 5.73 Å². The lowest BCUT2D eigenvalue weighted by Gasteiger charge is -2.09. The minimum absolute atomic E-state index is 0.0258. The van der Waals surface area contributed by atoms with Crippen LogP contribution in [0.2, 0.25) is 0 Å². The number of aryl methyl sites for hydroxylation is 1. The zero-order valence-electron chi connectivity index (χ0n) is 9.52. The first-order chi connectivity index (χ1) is 7.70. The second-order valence-electron chi connectivity index (χ2n) is 4.31. The van der Waals surface area contributed by atoms with Crippen molar-refractivity contribution in [3.05, 3.63) is 47.5 Å². The molecule has 2 N–H and O–H groups in total. The highest BCUT2D eigenvalue weighted by Crippen LogP contribution is 2.21. The Morgan fingerprint density at radius 1 is 1.44 bits per heavy atom. The average Bonchev–Trinajstić information content (AvgIpc) is 2.75. The maximum Gasteiger partial charge on any atom is 0.169 e. The number of hydrogen-bond acceptors (Lipinski definition) is 2. The summed E-state index contributed by atoms with van der Waals surface area (Å²) in [6.07, 6.45) is 5.56. The summed E-state index contributed by atoms with van der Waals surface area (Å²) in [6, 6.07) is 7.92. The Bertz CT molecular complexity index is 422. The minimum Gasteiger partial charge on any atom is -0.324 e. The largest absolute Gasteiger partial charge is 0.324 e. The van der Waals surface area contributed by atoms with Gasteiger partial charge < -0.3 is 5.73 Å². The number of ketones is 1. The van der Waals surface area contributed by atoms with E-state index in [0.717, 1.165) is 18.4 Å². The van der Waals surface area contributed by atoms with Crippen LogP contribution in [0, 0.1) is 5.92 Å². The minimum atomic E-state index is -0.0258. The van der Waals surface area contributed by atoms with Crippen LogP contribution in [0.25, 0.3) is 0 Å². The lowest BCUT2D eigenvalue weighted by atomic mass is 9.95. The molecule has 0 heterocycles. The van der Waals surface area contributed by atoms with Gasteiger partial charge in [0.2, 0.25) is 0 Å². The zero-order chi connectivity index (χ0) is 11.5. The van der Waals surface area contributed by atoms with Gasteiger partial charge in [-0.05, 0) is 24.5 Å². The molecule has 0 aromatic heterocycles. The molecular formula is C14H17NO. The Labute approximate surface area is 96.2 Å². The fourth-order valence-corrected chi connectivity index (χ4v) is 2.08. The number of carbonyl (C=O) groups excluding carboxylic acids is 1. The number of nitrogens with two attached hydrogens (primary N) is 1. The molecule has 1 aliphatic carbocycles. The van der Waals surface area contributed by atoms with Crippen molar-refractivity contribution in [3.63, 3.8) is 0 Å². The Kier molecular flexibility index (Phi) is 3.20. The van der Waals surface area contributed by atoms with Gasteiger partial charge in [0.05, 0.1) is 0 Å². The summed E-state index contributed by atoms with van der Waals surface area (Å²) in [6.45, 7) is 2.09. The van der Waals surface area contributed by atoms with Crippen molar-refractivity contribution in [2.75, 3.05) is 0 Å². The van der Waals surface area contributed by atoms with E-state index in [9.17, 15) is 4.79 Å². The number of carbonyl (C=O) groups is 1. The molecule has 1 aliphatic rings. The molecule has 1 aromatic rings. The van der Waals surface area contributed by atoms with E-state index in [1.165, 1.54) is 5.56 Å². The van der Waals surface area contributed by atoms with Gasteiger partial charge >= 0.3 is 0 Å². The molecule has 0 saturated carbocycles. The summed E-state index contributed by atoms with van der Waals surface area (Å²) in [5.74, 6) is 0.168. The highest BCUT2D eigenvalue weighted by atomic mass is 16.1. The molecule has 0 amide bonds. The summed E-state index contributed by atoms with van der Waals surface area (Å²) in [7, 11) is 0. The van der Waals surface area contributed by atoms with Crippen molar-refractivity contribution in [1.82, 2.24) is 0 Å². The number of rotatable bonds is 3. The molecule has 0 radical (unpaired) electrons. The van der Waals surface area contributed by atoms with E-state index in [1.807, 2.05) is 36.4 Å². The Balaban J connectivity index is 2.17. The van der Waals surface area contributed by atoms with Crippen LogP contribution in [0.3, 0.4) is 0 Å². The molecule has 2 nitrogen and oxygen atoms in total. The van der Waals surface area contributed by atoms with Crippen LogP contribution in [0.4, 0.5) is 0 Å². The van der Waals surface area contributed by atoms with Gasteiger partial charge in [-0.2, -0.15) is 0 Å². The fourth-order valence-electron chi connectivity index (χ4n) is 2.08. The molecule has 1 aromatic carbocycles. The summed E-state index contributed by atoms with van der Waals surface area (Å²) in [5, 5.41) is 0. The molecule has 0 spiro atoms. The predicted octanol–water partition coefficient (Wildman–Crippen LogP) is 2.34. The molecule has 2 heteroatoms. The van der Waals surface area contributed by atoms with Crippen molar-refractivity contribution in [3.8, 4) is 0 Å². The second kappa shape index (κ2) is 4.62. The Hall–Kier alpha value is -1.41. The van der Waals surface area contributed by atoms with Crippen LogP contribution in [0.15, 0.2) is 36.4 Å². The van der Waals surface area contributed by atoms with Gasteiger partial charge in [-0.25, -0.2) is 0 Å². The maximum atomic E-state index is 12.2. The maximum absolute atomic E-state index is 12.2. The van der Waals surface area contributed by atoms with Crippen molar-refractivity contribution in [2.24, 2.45) is 11.7 Å². The third kappa shape index (κ3) is 2.22. The molecule has 2 atom stereocenters. The van der Waals surface area contributed by atoms with Crippen molar-refractivity contribution >= 4 is 5.78 Å². The molecule has 0 bridgehead atoms. The van der Waals surface area contributed by atoms with E-state index < -0.39 is 0 Å². The molecule has 0 saturated heterocycles. The third-order valence-electron chi connectivity index (χ3n) is 3.07. The van der Waals surface area contributed by atoms with Crippen LogP contribution in [-0.4, -0.2) is 11.8 Å². The summed E-state index contributed by atoms with van der Waals surface area (Å²) < 4.78 is 0. The molecule has 84 valence electrons. The summed E-state index contributed by atoms with van der Waals surface area (Å²) in [4.78, 5) is 12.2. The lowest BCUT2D eigenvalue weighted by molar-refractivity contribution is 0.0943. The number of Topliss-reactive ketones (excluding diaryl/α,β-unsaturated/α-hetero) is 1. The van der Waals surface area contributed by atoms with Crippen LogP contribution >= 0.6 is 0 Å². The van der Waals surface area contributed by atoms with Gasteiger partial charge in [0.25, 0.3) is 0 Å². The molecule has 2 unspecified atom stereocenters. The number of hydrogen-bond donors (Lipinski definition) is 1. The molecular weight excluding hydrogens is 198 g/mol. The smallest absolute Gasteiger partial charge is 0.169 e. The number of benzene rings is 1. The first-order valence-corrected chi connectivity index (χ1v) is 5.77. The van der Waals surface area contributed by atoms with E-state index in [0.29, 0.717) is 0 Å². The van der Waals surface area contributed by atoms with Crippen molar-refractivity contribution in [1.29, 1.82) is 0 Å². The highest BCUT2D eigenvalue weighted by Gasteiger charge is 2.23. The second-order valence-corrected chi connectivity index (χ2v) is 4.31. The normalized spacial score (nSPS) is 23.6. The molecule has 2 rings (SSSR count). The molecule has 0 fully saturated rings. The van der Waals surface area contributed by atoms with Gasteiger partial charge in [-0.1, -0.05) is 37.3 Å². The quantitative estimate of drug-likeness (QED) is 0.621. The molecule has 16 heavy (non-hydrogen) atoms. The zero-order valence-corrected chi connectivity index (χ0v) is 9.52. The first-order valence-electron chi connectivity index (χ1n) is 5.77. The van der Waals surface area contributed by atoms with Crippen LogP contribution in [0.5, 0.6) is 0 Å². The summed E-state index contributed by atoms with van der Waals surface area (Å²) in [5.41, 5.74) is 7.77. The number of allylic oxidation sites excluding steroid dienone is 1. The lowest BCUT2D eigenvalue weighted by Crippen LogP contribution is -2.19. The Morgan fingerprint density at radius 3 is 2.88 bits per heavy atom. The topological polar surface area (TPSA) is 43.1 Å².